The highest BCUT2D eigenvalue weighted by atomic mass is 32.1. The summed E-state index contributed by atoms with van der Waals surface area (Å²) in [6, 6.07) is 6.03. The number of amidine groups is 1. The number of anilines is 1. The fourth-order valence-electron chi connectivity index (χ4n) is 3.64. The second kappa shape index (κ2) is 9.32. The summed E-state index contributed by atoms with van der Waals surface area (Å²) >= 11 is 1.71. The Morgan fingerprint density at radius 1 is 1.29 bits per heavy atom. The standard InChI is InChI=1S/C24H34N5OS/c1-17-14-20(26-23(27(17)3)10-8-9-13-29(5,6)7)16-24-28(4)21-12-11-19(25-18(2)30)15-22(21)31-24/h11-12,14-16H,8-10,13H2,1-7H3/q+1/p+1. The summed E-state index contributed by atoms with van der Waals surface area (Å²) in [7, 11) is 10.9. The molecule has 1 aromatic carbocycles. The van der Waals surface area contributed by atoms with E-state index in [1.54, 1.807) is 11.3 Å². The monoisotopic (exact) mass is 441 g/mol. The Bertz CT molecular complexity index is 1070. The second-order valence-corrected chi connectivity index (χ2v) is 10.3. The third kappa shape index (κ3) is 6.02. The van der Waals surface area contributed by atoms with Crippen LogP contribution in [0.5, 0.6) is 0 Å². The van der Waals surface area contributed by atoms with Crippen molar-refractivity contribution in [3.8, 4) is 0 Å². The van der Waals surface area contributed by atoms with Gasteiger partial charge >= 0.3 is 0 Å². The van der Waals surface area contributed by atoms with Crippen molar-refractivity contribution in [2.45, 2.75) is 33.1 Å². The van der Waals surface area contributed by atoms with Crippen LogP contribution in [0.25, 0.3) is 16.3 Å². The topological polar surface area (TPSA) is 48.6 Å². The van der Waals surface area contributed by atoms with E-state index in [0.717, 1.165) is 49.8 Å². The summed E-state index contributed by atoms with van der Waals surface area (Å²) in [5.74, 6) is 1.07. The highest BCUT2D eigenvalue weighted by Gasteiger charge is 2.19. The minimum absolute atomic E-state index is 0.0575. The smallest absolute Gasteiger partial charge is 0.264 e. The molecule has 0 spiro atoms. The van der Waals surface area contributed by atoms with Crippen molar-refractivity contribution in [2.75, 3.05) is 40.1 Å². The predicted octanol–water partition coefficient (Wildman–Crippen LogP) is 4.15. The Kier molecular flexibility index (Phi) is 6.96. The summed E-state index contributed by atoms with van der Waals surface area (Å²) < 4.78 is 4.32. The SMILES string of the molecule is CC(=O)Nc1ccc2c(c1)sc(/C=C1/C=C(C)N(C)C(CCCC[N+](C)(C)C)=N1)[n+]2C. The van der Waals surface area contributed by atoms with Gasteiger partial charge < -0.3 is 14.7 Å². The van der Waals surface area contributed by atoms with Crippen LogP contribution in [-0.4, -0.2) is 55.9 Å². The Hall–Kier alpha value is -2.51. The zero-order valence-electron chi connectivity index (χ0n) is 19.8. The number of aromatic nitrogens is 1. The highest BCUT2D eigenvalue weighted by Crippen LogP contribution is 2.27. The quantitative estimate of drug-likeness (QED) is 0.399. The number of thiazole rings is 1. The van der Waals surface area contributed by atoms with E-state index in [4.69, 9.17) is 4.99 Å². The largest absolute Gasteiger partial charge is 0.337 e. The number of allylic oxidation sites excluding steroid dienone is 2. The summed E-state index contributed by atoms with van der Waals surface area (Å²) in [4.78, 5) is 18.5. The fraction of sp³-hybridized carbons (Fsp3) is 0.458. The molecule has 1 amide bonds. The molecule has 166 valence electrons. The zero-order chi connectivity index (χ0) is 22.8. The molecule has 0 radical (unpaired) electrons. The lowest BCUT2D eigenvalue weighted by Crippen LogP contribution is -2.35. The molecule has 0 saturated carbocycles. The average molecular weight is 442 g/mol. The molecule has 0 saturated heterocycles. The number of nitrogens with zero attached hydrogens (tertiary/aromatic N) is 4. The van der Waals surface area contributed by atoms with Crippen LogP contribution < -0.4 is 9.88 Å². The first-order chi connectivity index (χ1) is 14.5. The third-order valence-corrected chi connectivity index (χ3v) is 6.62. The van der Waals surface area contributed by atoms with Crippen LogP contribution in [0, 0.1) is 0 Å². The molecule has 7 heteroatoms. The van der Waals surface area contributed by atoms with Gasteiger partial charge in [-0.15, -0.1) is 0 Å². The molecule has 31 heavy (non-hydrogen) atoms. The van der Waals surface area contributed by atoms with Gasteiger partial charge in [0.25, 0.3) is 5.01 Å². The van der Waals surface area contributed by atoms with E-state index in [0.29, 0.717) is 0 Å². The summed E-state index contributed by atoms with van der Waals surface area (Å²) in [5, 5.41) is 3.99. The third-order valence-electron chi connectivity index (χ3n) is 5.47. The number of carbonyl (C=O) groups excluding carboxylic acids is 1. The number of rotatable bonds is 7. The number of aryl methyl sites for hydroxylation is 1. The van der Waals surface area contributed by atoms with Crippen LogP contribution in [0.4, 0.5) is 5.69 Å². The molecule has 1 N–H and O–H groups in total. The number of quaternary nitrogens is 1. The number of carbonyl (C=O) groups is 1. The molecule has 1 aliphatic rings. The number of hydrogen-bond donors (Lipinski definition) is 1. The van der Waals surface area contributed by atoms with E-state index in [9.17, 15) is 4.79 Å². The highest BCUT2D eigenvalue weighted by molar-refractivity contribution is 7.18. The average Bonchev–Trinajstić information content (AvgIpc) is 2.96. The summed E-state index contributed by atoms with van der Waals surface area (Å²) in [6.45, 7) is 4.84. The minimum atomic E-state index is -0.0575. The van der Waals surface area contributed by atoms with Gasteiger partial charge in [-0.2, -0.15) is 4.57 Å². The van der Waals surface area contributed by atoms with Gasteiger partial charge in [0.15, 0.2) is 0 Å². The number of unbranched alkanes of at least 4 members (excludes halogenated alkanes) is 1. The molecule has 0 atom stereocenters. The minimum Gasteiger partial charge on any atom is -0.337 e. The van der Waals surface area contributed by atoms with E-state index in [1.807, 2.05) is 12.1 Å². The maximum atomic E-state index is 11.4. The lowest BCUT2D eigenvalue weighted by Gasteiger charge is -2.27. The van der Waals surface area contributed by atoms with Gasteiger partial charge in [0.1, 0.15) is 17.6 Å². The van der Waals surface area contributed by atoms with E-state index in [2.05, 4.69) is 75.2 Å². The maximum Gasteiger partial charge on any atom is 0.264 e. The molecule has 3 rings (SSSR count). The number of aliphatic imine (C=N–C) groups is 1. The number of nitrogens with one attached hydrogen (secondary N) is 1. The van der Waals surface area contributed by atoms with Crippen LogP contribution in [-0.2, 0) is 11.8 Å². The van der Waals surface area contributed by atoms with Crippen LogP contribution >= 0.6 is 11.3 Å². The van der Waals surface area contributed by atoms with Gasteiger partial charge in [-0.1, -0.05) is 11.3 Å². The first-order valence-corrected chi connectivity index (χ1v) is 11.6. The van der Waals surface area contributed by atoms with Crippen molar-refractivity contribution in [2.24, 2.45) is 12.0 Å². The fourth-order valence-corrected chi connectivity index (χ4v) is 4.78. The summed E-state index contributed by atoms with van der Waals surface area (Å²) in [6.07, 6.45) is 7.62. The molecule has 1 aliphatic heterocycles. The molecule has 0 bridgehead atoms. The van der Waals surface area contributed by atoms with Crippen molar-refractivity contribution in [1.82, 2.24) is 4.90 Å². The maximum absolute atomic E-state index is 11.4. The molecule has 0 unspecified atom stereocenters. The number of fused-ring (bicyclic) bond motifs is 1. The number of amides is 1. The Balaban J connectivity index is 1.83. The van der Waals surface area contributed by atoms with Gasteiger partial charge in [-0.05, 0) is 38.0 Å². The van der Waals surface area contributed by atoms with Crippen molar-refractivity contribution in [1.29, 1.82) is 0 Å². The first-order valence-electron chi connectivity index (χ1n) is 10.8. The van der Waals surface area contributed by atoms with Crippen LogP contribution in [0.3, 0.4) is 0 Å². The summed E-state index contributed by atoms with van der Waals surface area (Å²) in [5.41, 5.74) is 4.16. The van der Waals surface area contributed by atoms with Gasteiger partial charge in [0.2, 0.25) is 11.4 Å². The van der Waals surface area contributed by atoms with Crippen molar-refractivity contribution in [3.05, 3.63) is 40.7 Å². The van der Waals surface area contributed by atoms with Gasteiger partial charge in [-0.25, -0.2) is 4.99 Å². The van der Waals surface area contributed by atoms with Gasteiger partial charge in [-0.3, -0.25) is 4.79 Å². The second-order valence-electron chi connectivity index (χ2n) is 9.28. The van der Waals surface area contributed by atoms with E-state index in [1.165, 1.54) is 25.6 Å². The molecular formula is C24H35N5OS+2. The normalized spacial score (nSPS) is 16.0. The van der Waals surface area contributed by atoms with E-state index < -0.39 is 0 Å². The molecule has 2 heterocycles. The van der Waals surface area contributed by atoms with Crippen molar-refractivity contribution < 1.29 is 13.8 Å². The molecular weight excluding hydrogens is 406 g/mol. The lowest BCUT2D eigenvalue weighted by atomic mass is 10.1. The van der Waals surface area contributed by atoms with Gasteiger partial charge in [0.05, 0.1) is 33.4 Å². The lowest BCUT2D eigenvalue weighted by molar-refractivity contribution is -0.870. The molecule has 6 nitrogen and oxygen atoms in total. The Morgan fingerprint density at radius 2 is 2.03 bits per heavy atom. The van der Waals surface area contributed by atoms with Crippen LogP contribution in [0.15, 0.2) is 40.7 Å². The Labute approximate surface area is 189 Å². The van der Waals surface area contributed by atoms with Crippen LogP contribution in [0.2, 0.25) is 0 Å². The number of hydrogen-bond acceptors (Lipinski definition) is 4. The number of benzene rings is 1. The molecule has 0 aliphatic carbocycles. The van der Waals surface area contributed by atoms with Crippen molar-refractivity contribution in [3.63, 3.8) is 0 Å². The molecule has 1 aromatic heterocycles. The Morgan fingerprint density at radius 3 is 2.71 bits per heavy atom. The van der Waals surface area contributed by atoms with Crippen molar-refractivity contribution >= 4 is 45.1 Å². The van der Waals surface area contributed by atoms with E-state index in [-0.39, 0.29) is 5.91 Å². The predicted molar refractivity (Wildman–Crippen MR) is 131 cm³/mol. The van der Waals surface area contributed by atoms with Gasteiger partial charge in [0, 0.05) is 43.9 Å². The van der Waals surface area contributed by atoms with E-state index >= 15 is 0 Å². The molecule has 2 aromatic rings. The first kappa shape index (κ1) is 23.2. The molecule has 0 fully saturated rings. The van der Waals surface area contributed by atoms with Crippen LogP contribution in [0.1, 0.15) is 38.1 Å². The zero-order valence-corrected chi connectivity index (χ0v) is 20.6.